The minimum absolute atomic E-state index is 0.0456. The van der Waals surface area contributed by atoms with E-state index in [2.05, 4.69) is 15.0 Å². The quantitative estimate of drug-likeness (QED) is 0.916. The molecule has 3 heterocycles. The molecule has 0 saturated carbocycles. The van der Waals surface area contributed by atoms with E-state index in [4.69, 9.17) is 9.26 Å². The molecule has 0 aliphatic carbocycles. The predicted molar refractivity (Wildman–Crippen MR) is 87.3 cm³/mol. The van der Waals surface area contributed by atoms with Crippen molar-refractivity contribution in [3.05, 3.63) is 47.4 Å². The normalized spacial score (nSPS) is 25.5. The summed E-state index contributed by atoms with van der Waals surface area (Å²) in [6.07, 6.45) is 1.94. The lowest BCUT2D eigenvalue weighted by molar-refractivity contribution is 0.0778. The van der Waals surface area contributed by atoms with Gasteiger partial charge in [0, 0.05) is 31.7 Å². The number of aliphatic hydroxyl groups is 1. The van der Waals surface area contributed by atoms with Crippen LogP contribution in [0.2, 0.25) is 0 Å². The highest BCUT2D eigenvalue weighted by atomic mass is 19.1. The fourth-order valence-corrected chi connectivity index (χ4v) is 3.74. The Labute approximate surface area is 145 Å². The van der Waals surface area contributed by atoms with Gasteiger partial charge in [-0.1, -0.05) is 17.3 Å². The maximum atomic E-state index is 13.6. The molecule has 0 spiro atoms. The first-order chi connectivity index (χ1) is 12.2. The third-order valence-corrected chi connectivity index (χ3v) is 5.01. The molecule has 1 aromatic carbocycles. The highest BCUT2D eigenvalue weighted by Gasteiger charge is 2.33. The Bertz CT molecular complexity index is 717. The van der Waals surface area contributed by atoms with Crippen LogP contribution in [0.1, 0.15) is 48.5 Å². The van der Waals surface area contributed by atoms with Crippen molar-refractivity contribution in [2.24, 2.45) is 0 Å². The van der Waals surface area contributed by atoms with Crippen LogP contribution in [0.3, 0.4) is 0 Å². The second-order valence-electron chi connectivity index (χ2n) is 6.83. The Hall–Kier alpha value is -1.83. The number of ether oxygens (including phenoxy) is 1. The molecule has 134 valence electrons. The second kappa shape index (κ2) is 7.19. The summed E-state index contributed by atoms with van der Waals surface area (Å²) in [5.41, 5.74) is 0.865. The van der Waals surface area contributed by atoms with Crippen LogP contribution in [0.15, 0.2) is 28.8 Å². The fourth-order valence-electron chi connectivity index (χ4n) is 3.74. The minimum Gasteiger partial charge on any atom is -0.392 e. The van der Waals surface area contributed by atoms with Gasteiger partial charge in [0.2, 0.25) is 5.89 Å². The lowest BCUT2D eigenvalue weighted by Crippen LogP contribution is -2.25. The molecule has 0 amide bonds. The van der Waals surface area contributed by atoms with Gasteiger partial charge in [0.05, 0.1) is 12.6 Å². The molecule has 1 N–H and O–H groups in total. The largest absolute Gasteiger partial charge is 0.392 e. The van der Waals surface area contributed by atoms with Gasteiger partial charge in [-0.15, -0.1) is 0 Å². The number of β-amino-alcohol motifs (C(OH)–C–C–N with tert-alkyl or cyclic N) is 1. The topological polar surface area (TPSA) is 71.6 Å². The van der Waals surface area contributed by atoms with Crippen LogP contribution < -0.4 is 0 Å². The van der Waals surface area contributed by atoms with Crippen LogP contribution in [0.5, 0.6) is 0 Å². The van der Waals surface area contributed by atoms with Gasteiger partial charge < -0.3 is 14.4 Å². The Morgan fingerprint density at radius 1 is 1.28 bits per heavy atom. The Kier molecular flexibility index (Phi) is 4.78. The van der Waals surface area contributed by atoms with Gasteiger partial charge in [-0.3, -0.25) is 4.90 Å². The number of rotatable bonds is 4. The van der Waals surface area contributed by atoms with E-state index >= 15 is 0 Å². The molecule has 0 unspecified atom stereocenters. The van der Waals surface area contributed by atoms with Gasteiger partial charge in [-0.05, 0) is 37.0 Å². The van der Waals surface area contributed by atoms with Crippen molar-refractivity contribution in [2.45, 2.75) is 43.9 Å². The summed E-state index contributed by atoms with van der Waals surface area (Å²) in [5.74, 6) is 1.27. The molecule has 1 aromatic heterocycles. The first-order valence-corrected chi connectivity index (χ1v) is 8.77. The Morgan fingerprint density at radius 3 is 2.92 bits per heavy atom. The van der Waals surface area contributed by atoms with Crippen molar-refractivity contribution in [1.82, 2.24) is 15.0 Å². The fraction of sp³-hybridized carbons (Fsp3) is 0.556. The summed E-state index contributed by atoms with van der Waals surface area (Å²) in [4.78, 5) is 6.62. The number of nitrogens with zero attached hydrogens (tertiary/aromatic N) is 3. The van der Waals surface area contributed by atoms with E-state index in [0.717, 1.165) is 31.6 Å². The third kappa shape index (κ3) is 3.73. The molecule has 6 nitrogen and oxygen atoms in total. The van der Waals surface area contributed by atoms with Crippen LogP contribution >= 0.6 is 0 Å². The molecule has 2 aliphatic heterocycles. The van der Waals surface area contributed by atoms with Crippen LogP contribution in [0, 0.1) is 5.82 Å². The summed E-state index contributed by atoms with van der Waals surface area (Å²) in [5, 5.41) is 14.2. The Balaban J connectivity index is 1.48. The monoisotopic (exact) mass is 347 g/mol. The molecule has 2 saturated heterocycles. The minimum atomic E-state index is -0.435. The molecule has 2 fully saturated rings. The van der Waals surface area contributed by atoms with Gasteiger partial charge in [0.1, 0.15) is 5.82 Å². The third-order valence-electron chi connectivity index (χ3n) is 5.01. The number of benzene rings is 1. The molecule has 2 aromatic rings. The number of likely N-dealkylation sites (tertiary alicyclic amines) is 1. The molecule has 2 aliphatic rings. The highest BCUT2D eigenvalue weighted by Crippen LogP contribution is 2.33. The lowest BCUT2D eigenvalue weighted by atomic mass is 10.0. The number of hydrogen-bond donors (Lipinski definition) is 1. The Morgan fingerprint density at radius 2 is 2.12 bits per heavy atom. The average molecular weight is 347 g/mol. The SMILES string of the molecule is O[C@H]1C[C@@H](c2cccc(F)c2)N(Cc2noc(C3CCOCC3)n2)C1. The number of halogens is 1. The van der Waals surface area contributed by atoms with E-state index in [9.17, 15) is 9.50 Å². The first-order valence-electron chi connectivity index (χ1n) is 8.77. The smallest absolute Gasteiger partial charge is 0.229 e. The zero-order chi connectivity index (χ0) is 17.2. The summed E-state index contributed by atoms with van der Waals surface area (Å²) >= 11 is 0. The number of aliphatic hydroxyl groups excluding tert-OH is 1. The van der Waals surface area contributed by atoms with Crippen molar-refractivity contribution < 1.29 is 18.8 Å². The van der Waals surface area contributed by atoms with Crippen LogP contribution in [0.4, 0.5) is 4.39 Å². The zero-order valence-corrected chi connectivity index (χ0v) is 14.0. The average Bonchev–Trinajstić information content (AvgIpc) is 3.23. The molecular formula is C18H22FN3O3. The predicted octanol–water partition coefficient (Wildman–Crippen LogP) is 2.41. The molecule has 2 atom stereocenters. The number of hydrogen-bond acceptors (Lipinski definition) is 6. The van der Waals surface area contributed by atoms with Gasteiger partial charge in [-0.25, -0.2) is 4.39 Å². The van der Waals surface area contributed by atoms with Crippen LogP contribution in [-0.2, 0) is 11.3 Å². The molecule has 4 rings (SSSR count). The van der Waals surface area contributed by atoms with E-state index in [1.54, 1.807) is 6.07 Å². The molecule has 7 heteroatoms. The van der Waals surface area contributed by atoms with Gasteiger partial charge in [-0.2, -0.15) is 4.98 Å². The van der Waals surface area contributed by atoms with E-state index < -0.39 is 6.10 Å². The van der Waals surface area contributed by atoms with Crippen LogP contribution in [-0.4, -0.2) is 46.0 Å². The summed E-state index contributed by atoms with van der Waals surface area (Å²) in [7, 11) is 0. The highest BCUT2D eigenvalue weighted by molar-refractivity contribution is 5.22. The van der Waals surface area contributed by atoms with E-state index in [-0.39, 0.29) is 17.8 Å². The van der Waals surface area contributed by atoms with Crippen molar-refractivity contribution in [3.8, 4) is 0 Å². The van der Waals surface area contributed by atoms with Crippen molar-refractivity contribution in [2.75, 3.05) is 19.8 Å². The number of aromatic nitrogens is 2. The summed E-state index contributed by atoms with van der Waals surface area (Å²) < 4.78 is 24.3. The van der Waals surface area contributed by atoms with Crippen molar-refractivity contribution >= 4 is 0 Å². The van der Waals surface area contributed by atoms with Crippen molar-refractivity contribution in [1.29, 1.82) is 0 Å². The second-order valence-corrected chi connectivity index (χ2v) is 6.83. The first kappa shape index (κ1) is 16.6. The van der Waals surface area contributed by atoms with E-state index in [0.29, 0.717) is 31.2 Å². The van der Waals surface area contributed by atoms with Gasteiger partial charge in [0.15, 0.2) is 5.82 Å². The zero-order valence-electron chi connectivity index (χ0n) is 14.0. The lowest BCUT2D eigenvalue weighted by Gasteiger charge is -2.23. The van der Waals surface area contributed by atoms with Gasteiger partial charge in [0.25, 0.3) is 0 Å². The molecule has 25 heavy (non-hydrogen) atoms. The standard InChI is InChI=1S/C18H22FN3O3/c19-14-3-1-2-13(8-14)16-9-15(23)10-22(16)11-17-20-18(25-21-17)12-4-6-24-7-5-12/h1-3,8,12,15-16,23H,4-7,9-11H2/t15-,16-/m0/s1. The molecule has 0 bridgehead atoms. The van der Waals surface area contributed by atoms with E-state index in [1.807, 2.05) is 6.07 Å². The maximum Gasteiger partial charge on any atom is 0.229 e. The molecule has 0 radical (unpaired) electrons. The molecular weight excluding hydrogens is 325 g/mol. The van der Waals surface area contributed by atoms with Crippen LogP contribution in [0.25, 0.3) is 0 Å². The maximum absolute atomic E-state index is 13.6. The van der Waals surface area contributed by atoms with Crippen molar-refractivity contribution in [3.63, 3.8) is 0 Å². The van der Waals surface area contributed by atoms with E-state index in [1.165, 1.54) is 12.1 Å². The van der Waals surface area contributed by atoms with Gasteiger partial charge >= 0.3 is 0 Å². The summed E-state index contributed by atoms with van der Waals surface area (Å²) in [6.45, 7) is 2.44. The summed E-state index contributed by atoms with van der Waals surface area (Å²) in [6, 6.07) is 6.50.